The smallest absolute Gasteiger partial charge is 0.328 e. The van der Waals surface area contributed by atoms with Gasteiger partial charge in [-0.1, -0.05) is 0 Å². The van der Waals surface area contributed by atoms with Gasteiger partial charge in [0, 0.05) is 11.6 Å². The summed E-state index contributed by atoms with van der Waals surface area (Å²) in [4.78, 5) is 14.2. The minimum Gasteiger partial charge on any atom is -0.480 e. The highest BCUT2D eigenvalue weighted by atomic mass is 32.1. The maximum Gasteiger partial charge on any atom is 0.328 e. The first-order chi connectivity index (χ1) is 5.74. The van der Waals surface area contributed by atoms with Crippen molar-refractivity contribution in [2.75, 3.05) is 11.9 Å². The van der Waals surface area contributed by atoms with Crippen LogP contribution in [0.4, 0.5) is 5.13 Å². The molecular weight excluding hydrogens is 180 g/mol. The monoisotopic (exact) mass is 188 g/mol. The topological polar surface area (TPSA) is 82.5 Å². The molecule has 1 rings (SSSR count). The average Bonchev–Trinajstić information content (AvgIpc) is 2.51. The van der Waals surface area contributed by atoms with Gasteiger partial charge in [0.25, 0.3) is 0 Å². The van der Waals surface area contributed by atoms with Crippen molar-refractivity contribution >= 4 is 22.4 Å². The molecule has 0 aromatic carbocycles. The van der Waals surface area contributed by atoms with Crippen LogP contribution in [0.3, 0.4) is 0 Å². The van der Waals surface area contributed by atoms with Crippen molar-refractivity contribution in [1.29, 1.82) is 0 Å². The van der Waals surface area contributed by atoms with Gasteiger partial charge in [-0.15, -0.1) is 11.3 Å². The van der Waals surface area contributed by atoms with Crippen molar-refractivity contribution in [1.82, 2.24) is 4.98 Å². The highest BCUT2D eigenvalue weighted by Crippen LogP contribution is 2.11. The first-order valence-corrected chi connectivity index (χ1v) is 4.11. The highest BCUT2D eigenvalue weighted by molar-refractivity contribution is 7.13. The van der Waals surface area contributed by atoms with Crippen LogP contribution in [0.1, 0.15) is 0 Å². The fourth-order valence-electron chi connectivity index (χ4n) is 0.629. The normalized spacial score (nSPS) is 12.4. The molecule has 0 saturated carbocycles. The van der Waals surface area contributed by atoms with Crippen LogP contribution >= 0.6 is 11.3 Å². The summed E-state index contributed by atoms with van der Waals surface area (Å²) in [7, 11) is 0. The molecule has 0 aliphatic rings. The number of thiazole rings is 1. The molecule has 6 heteroatoms. The van der Waals surface area contributed by atoms with Crippen LogP contribution in [0.5, 0.6) is 0 Å². The number of aliphatic hydroxyl groups is 1. The van der Waals surface area contributed by atoms with Crippen LogP contribution in [-0.4, -0.2) is 33.8 Å². The first kappa shape index (κ1) is 8.95. The Kier molecular flexibility index (Phi) is 3.01. The summed E-state index contributed by atoms with van der Waals surface area (Å²) < 4.78 is 0. The van der Waals surface area contributed by atoms with Crippen LogP contribution < -0.4 is 5.32 Å². The van der Waals surface area contributed by atoms with Crippen molar-refractivity contribution in [2.24, 2.45) is 0 Å². The molecule has 1 aromatic rings. The number of aliphatic hydroxyl groups excluding tert-OH is 1. The minimum atomic E-state index is -1.09. The Labute approximate surface area is 72.7 Å². The Balaban J connectivity index is 2.54. The van der Waals surface area contributed by atoms with Crippen LogP contribution in [0.25, 0.3) is 0 Å². The number of carboxylic acid groups (broad SMARTS) is 1. The van der Waals surface area contributed by atoms with Gasteiger partial charge in [-0.3, -0.25) is 0 Å². The van der Waals surface area contributed by atoms with E-state index in [1.807, 2.05) is 0 Å². The predicted molar refractivity (Wildman–Crippen MR) is 44.2 cm³/mol. The van der Waals surface area contributed by atoms with E-state index in [0.29, 0.717) is 5.13 Å². The van der Waals surface area contributed by atoms with Crippen molar-refractivity contribution in [2.45, 2.75) is 6.04 Å². The van der Waals surface area contributed by atoms with Gasteiger partial charge in [0.1, 0.15) is 6.04 Å². The summed E-state index contributed by atoms with van der Waals surface area (Å²) in [5.74, 6) is -1.09. The number of nitrogens with zero attached hydrogens (tertiary/aromatic N) is 1. The van der Waals surface area contributed by atoms with Crippen molar-refractivity contribution in [3.05, 3.63) is 11.6 Å². The molecule has 66 valence electrons. The number of carbonyl (C=O) groups is 1. The third-order valence-corrected chi connectivity index (χ3v) is 1.92. The summed E-state index contributed by atoms with van der Waals surface area (Å²) in [5, 5.41) is 21.9. The first-order valence-electron chi connectivity index (χ1n) is 3.23. The second kappa shape index (κ2) is 4.03. The predicted octanol–water partition coefficient (Wildman–Crippen LogP) is 0.000500. The summed E-state index contributed by atoms with van der Waals surface area (Å²) in [5.41, 5.74) is 0. The molecule has 1 heterocycles. The van der Waals surface area contributed by atoms with E-state index in [-0.39, 0.29) is 0 Å². The number of hydrogen-bond donors (Lipinski definition) is 3. The fourth-order valence-corrected chi connectivity index (χ4v) is 1.21. The van der Waals surface area contributed by atoms with E-state index in [1.54, 1.807) is 11.6 Å². The molecule has 0 saturated heterocycles. The maximum atomic E-state index is 10.4. The molecular formula is C6H8N2O3S. The van der Waals surface area contributed by atoms with E-state index in [2.05, 4.69) is 10.3 Å². The lowest BCUT2D eigenvalue weighted by Gasteiger charge is -2.08. The molecule has 1 unspecified atom stereocenters. The molecule has 12 heavy (non-hydrogen) atoms. The van der Waals surface area contributed by atoms with E-state index in [1.165, 1.54) is 11.3 Å². The largest absolute Gasteiger partial charge is 0.480 e. The molecule has 0 aliphatic carbocycles. The standard InChI is InChI=1S/C6H8N2O3S/c9-3-4(5(10)11)8-6-7-1-2-12-6/h1-2,4,9H,3H2,(H,7,8)(H,10,11). The number of hydrogen-bond acceptors (Lipinski definition) is 5. The molecule has 0 spiro atoms. The van der Waals surface area contributed by atoms with Crippen LogP contribution in [0, 0.1) is 0 Å². The van der Waals surface area contributed by atoms with Gasteiger partial charge in [-0.2, -0.15) is 0 Å². The van der Waals surface area contributed by atoms with Crippen LogP contribution in [-0.2, 0) is 4.79 Å². The fraction of sp³-hybridized carbons (Fsp3) is 0.333. The summed E-state index contributed by atoms with van der Waals surface area (Å²) >= 11 is 1.29. The molecule has 1 aromatic heterocycles. The average molecular weight is 188 g/mol. The van der Waals surface area contributed by atoms with Gasteiger partial charge < -0.3 is 15.5 Å². The van der Waals surface area contributed by atoms with Crippen LogP contribution in [0.2, 0.25) is 0 Å². The zero-order chi connectivity index (χ0) is 8.97. The van der Waals surface area contributed by atoms with E-state index < -0.39 is 18.6 Å². The quantitative estimate of drug-likeness (QED) is 0.619. The van der Waals surface area contributed by atoms with E-state index in [0.717, 1.165) is 0 Å². The number of aromatic nitrogens is 1. The lowest BCUT2D eigenvalue weighted by molar-refractivity contribution is -0.138. The number of rotatable bonds is 4. The van der Waals surface area contributed by atoms with Gasteiger partial charge in [0.05, 0.1) is 6.61 Å². The number of anilines is 1. The number of carboxylic acids is 1. The zero-order valence-corrected chi connectivity index (χ0v) is 6.91. The maximum absolute atomic E-state index is 10.4. The number of aliphatic carboxylic acids is 1. The molecule has 0 fully saturated rings. The molecule has 0 radical (unpaired) electrons. The summed E-state index contributed by atoms with van der Waals surface area (Å²) in [6.07, 6.45) is 1.56. The second-order valence-electron chi connectivity index (χ2n) is 2.05. The molecule has 0 aliphatic heterocycles. The van der Waals surface area contributed by atoms with Gasteiger partial charge in [0.2, 0.25) is 0 Å². The third-order valence-electron chi connectivity index (χ3n) is 1.21. The van der Waals surface area contributed by atoms with Crippen molar-refractivity contribution < 1.29 is 15.0 Å². The zero-order valence-electron chi connectivity index (χ0n) is 6.10. The third kappa shape index (κ3) is 2.18. The number of nitrogens with one attached hydrogen (secondary N) is 1. The van der Waals surface area contributed by atoms with Crippen LogP contribution in [0.15, 0.2) is 11.6 Å². The van der Waals surface area contributed by atoms with E-state index in [4.69, 9.17) is 10.2 Å². The van der Waals surface area contributed by atoms with Gasteiger partial charge in [-0.25, -0.2) is 9.78 Å². The van der Waals surface area contributed by atoms with Gasteiger partial charge in [0.15, 0.2) is 5.13 Å². The molecule has 1 atom stereocenters. The molecule has 0 amide bonds. The molecule has 0 bridgehead atoms. The van der Waals surface area contributed by atoms with Gasteiger partial charge in [-0.05, 0) is 0 Å². The Bertz CT molecular complexity index is 249. The summed E-state index contributed by atoms with van der Waals surface area (Å²) in [6, 6.07) is -0.976. The Morgan fingerprint density at radius 3 is 3.00 bits per heavy atom. The lowest BCUT2D eigenvalue weighted by atomic mass is 10.3. The van der Waals surface area contributed by atoms with Crippen molar-refractivity contribution in [3.63, 3.8) is 0 Å². The second-order valence-corrected chi connectivity index (χ2v) is 2.95. The Morgan fingerprint density at radius 2 is 2.58 bits per heavy atom. The highest BCUT2D eigenvalue weighted by Gasteiger charge is 2.15. The lowest BCUT2D eigenvalue weighted by Crippen LogP contribution is -2.32. The summed E-state index contributed by atoms with van der Waals surface area (Å²) in [6.45, 7) is -0.449. The van der Waals surface area contributed by atoms with Gasteiger partial charge >= 0.3 is 5.97 Å². The SMILES string of the molecule is O=C(O)C(CO)Nc1nccs1. The Morgan fingerprint density at radius 1 is 1.83 bits per heavy atom. The Hall–Kier alpha value is -1.14. The van der Waals surface area contributed by atoms with E-state index >= 15 is 0 Å². The minimum absolute atomic E-state index is 0.449. The van der Waals surface area contributed by atoms with E-state index in [9.17, 15) is 4.79 Å². The van der Waals surface area contributed by atoms with Crippen molar-refractivity contribution in [3.8, 4) is 0 Å². The molecule has 3 N–H and O–H groups in total. The molecule has 5 nitrogen and oxygen atoms in total.